The monoisotopic (exact) mass is 289 g/mol. The van der Waals surface area contributed by atoms with Gasteiger partial charge >= 0.3 is 0 Å². The third-order valence-electron chi connectivity index (χ3n) is 2.70. The summed E-state index contributed by atoms with van der Waals surface area (Å²) < 4.78 is 28.6. The van der Waals surface area contributed by atoms with E-state index in [9.17, 15) is 8.42 Å². The quantitative estimate of drug-likeness (QED) is 0.759. The van der Waals surface area contributed by atoms with Gasteiger partial charge in [0.2, 0.25) is 0 Å². The molecule has 0 aliphatic rings. The third kappa shape index (κ3) is 2.28. The van der Waals surface area contributed by atoms with Gasteiger partial charge in [-0.05, 0) is 18.2 Å². The van der Waals surface area contributed by atoms with Crippen molar-refractivity contribution in [3.05, 3.63) is 55.2 Å². The normalized spacial score (nSPS) is 11.4. The van der Waals surface area contributed by atoms with Crippen LogP contribution in [0.1, 0.15) is 0 Å². The largest absolute Gasteiger partial charge is 0.304 e. The molecule has 3 rings (SSSR count). The van der Waals surface area contributed by atoms with Crippen molar-refractivity contribution in [2.24, 2.45) is 0 Å². The number of anilines is 1. The van der Waals surface area contributed by atoms with E-state index in [1.165, 1.54) is 12.3 Å². The summed E-state index contributed by atoms with van der Waals surface area (Å²) in [5, 5.41) is 6.09. The molecule has 2 N–H and O–H groups in total. The van der Waals surface area contributed by atoms with Gasteiger partial charge in [0, 0.05) is 12.4 Å². The van der Waals surface area contributed by atoms with Gasteiger partial charge in [0.05, 0.1) is 23.9 Å². The Bertz CT molecular complexity index is 794. The number of para-hydroxylation sites is 2. The number of aromatic nitrogens is 4. The molecule has 0 saturated carbocycles. The average Bonchev–Trinajstić information content (AvgIpc) is 3.13. The Hall–Kier alpha value is -2.61. The molecule has 7 nitrogen and oxygen atoms in total. The van der Waals surface area contributed by atoms with Crippen LogP contribution in [0.3, 0.4) is 0 Å². The number of aromatic amines is 1. The van der Waals surface area contributed by atoms with Crippen LogP contribution in [0.5, 0.6) is 0 Å². The van der Waals surface area contributed by atoms with Gasteiger partial charge in [0.15, 0.2) is 5.03 Å². The number of hydrogen-bond acceptors (Lipinski definition) is 4. The van der Waals surface area contributed by atoms with Crippen LogP contribution in [0.4, 0.5) is 5.69 Å². The number of imidazole rings is 1. The highest BCUT2D eigenvalue weighted by Crippen LogP contribution is 2.22. The minimum Gasteiger partial charge on any atom is -0.304 e. The molecule has 0 radical (unpaired) electrons. The van der Waals surface area contributed by atoms with E-state index in [0.717, 1.165) is 0 Å². The fraction of sp³-hybridized carbons (Fsp3) is 0. The minimum absolute atomic E-state index is 0.0120. The van der Waals surface area contributed by atoms with E-state index in [-0.39, 0.29) is 5.03 Å². The second kappa shape index (κ2) is 4.82. The van der Waals surface area contributed by atoms with Gasteiger partial charge in [0.1, 0.15) is 0 Å². The molecule has 8 heteroatoms. The fourth-order valence-corrected chi connectivity index (χ4v) is 2.76. The number of benzene rings is 1. The van der Waals surface area contributed by atoms with Crippen LogP contribution < -0.4 is 4.72 Å². The Balaban J connectivity index is 2.00. The Morgan fingerprint density at radius 2 is 2.00 bits per heavy atom. The summed E-state index contributed by atoms with van der Waals surface area (Å²) >= 11 is 0. The first kappa shape index (κ1) is 12.4. The molecule has 0 aliphatic carbocycles. The number of hydrogen-bond donors (Lipinski definition) is 2. The first-order chi connectivity index (χ1) is 9.67. The molecule has 0 saturated heterocycles. The maximum atomic E-state index is 12.2. The Kier molecular flexibility index (Phi) is 2.99. The van der Waals surface area contributed by atoms with E-state index in [0.29, 0.717) is 11.4 Å². The number of sulfonamides is 1. The molecule has 20 heavy (non-hydrogen) atoms. The van der Waals surface area contributed by atoms with Crippen molar-refractivity contribution < 1.29 is 8.42 Å². The molecule has 0 amide bonds. The molecular formula is C12H11N5O2S. The summed E-state index contributed by atoms with van der Waals surface area (Å²) in [7, 11) is -3.69. The maximum absolute atomic E-state index is 12.2. The van der Waals surface area contributed by atoms with Crippen LogP contribution >= 0.6 is 0 Å². The van der Waals surface area contributed by atoms with Gasteiger partial charge in [0.25, 0.3) is 10.0 Å². The highest BCUT2D eigenvalue weighted by molar-refractivity contribution is 7.92. The predicted octanol–water partition coefficient (Wildman–Crippen LogP) is 1.40. The lowest BCUT2D eigenvalue weighted by Crippen LogP contribution is -2.15. The number of nitrogens with one attached hydrogen (secondary N) is 2. The lowest BCUT2D eigenvalue weighted by Gasteiger charge is -2.11. The van der Waals surface area contributed by atoms with Crippen LogP contribution in [0.25, 0.3) is 5.69 Å². The topological polar surface area (TPSA) is 92.7 Å². The number of H-pyrrole nitrogens is 1. The van der Waals surface area contributed by atoms with Crippen molar-refractivity contribution in [3.63, 3.8) is 0 Å². The van der Waals surface area contributed by atoms with Crippen LogP contribution in [0, 0.1) is 0 Å². The van der Waals surface area contributed by atoms with Crippen LogP contribution in [-0.4, -0.2) is 28.2 Å². The molecule has 0 fully saturated rings. The molecule has 0 aliphatic heterocycles. The minimum atomic E-state index is -3.69. The molecule has 102 valence electrons. The van der Waals surface area contributed by atoms with Gasteiger partial charge in [-0.25, -0.2) is 4.98 Å². The molecule has 0 atom stereocenters. The van der Waals surface area contributed by atoms with E-state index in [2.05, 4.69) is 19.9 Å². The third-order valence-corrected chi connectivity index (χ3v) is 3.99. The molecule has 2 aromatic heterocycles. The van der Waals surface area contributed by atoms with Crippen molar-refractivity contribution in [3.8, 4) is 5.69 Å². The van der Waals surface area contributed by atoms with E-state index in [4.69, 9.17) is 0 Å². The molecule has 3 aromatic rings. The van der Waals surface area contributed by atoms with Gasteiger partial charge in [-0.15, -0.1) is 0 Å². The van der Waals surface area contributed by atoms with Crippen molar-refractivity contribution in [2.75, 3.05) is 4.72 Å². The summed E-state index contributed by atoms with van der Waals surface area (Å²) in [5.74, 6) is 0. The van der Waals surface area contributed by atoms with Gasteiger partial charge in [-0.2, -0.15) is 13.5 Å². The smallest absolute Gasteiger partial charge is 0.278 e. The van der Waals surface area contributed by atoms with Crippen molar-refractivity contribution in [2.45, 2.75) is 5.03 Å². The fourth-order valence-electron chi connectivity index (χ4n) is 1.78. The van der Waals surface area contributed by atoms with Gasteiger partial charge in [-0.1, -0.05) is 12.1 Å². The van der Waals surface area contributed by atoms with Gasteiger partial charge in [-0.3, -0.25) is 9.82 Å². The van der Waals surface area contributed by atoms with E-state index < -0.39 is 10.0 Å². The Morgan fingerprint density at radius 3 is 2.70 bits per heavy atom. The molecule has 0 bridgehead atoms. The molecule has 0 unspecified atom stereocenters. The molecule has 1 aromatic carbocycles. The predicted molar refractivity (Wildman–Crippen MR) is 73.0 cm³/mol. The highest BCUT2D eigenvalue weighted by Gasteiger charge is 2.17. The zero-order valence-corrected chi connectivity index (χ0v) is 11.1. The van der Waals surface area contributed by atoms with Crippen molar-refractivity contribution >= 4 is 15.7 Å². The lowest BCUT2D eigenvalue weighted by atomic mass is 10.3. The number of rotatable bonds is 4. The van der Waals surface area contributed by atoms with E-state index in [1.807, 2.05) is 6.07 Å². The lowest BCUT2D eigenvalue weighted by molar-refractivity contribution is 0.597. The summed E-state index contributed by atoms with van der Waals surface area (Å²) in [5.41, 5.74) is 1.15. The Labute approximate surface area is 115 Å². The SMILES string of the molecule is O=S(=O)(Nc1ccccc1-n1ccnc1)c1ccn[nH]1. The van der Waals surface area contributed by atoms with Gasteiger partial charge < -0.3 is 4.57 Å². The first-order valence-corrected chi connectivity index (χ1v) is 7.25. The zero-order chi connectivity index (χ0) is 14.0. The highest BCUT2D eigenvalue weighted by atomic mass is 32.2. The summed E-state index contributed by atoms with van der Waals surface area (Å²) in [6, 6.07) is 8.45. The molecular weight excluding hydrogens is 278 g/mol. The second-order valence-corrected chi connectivity index (χ2v) is 5.66. The van der Waals surface area contributed by atoms with E-state index in [1.54, 1.807) is 41.5 Å². The van der Waals surface area contributed by atoms with Crippen LogP contribution in [-0.2, 0) is 10.0 Å². The zero-order valence-electron chi connectivity index (χ0n) is 10.3. The van der Waals surface area contributed by atoms with Crippen molar-refractivity contribution in [1.29, 1.82) is 0 Å². The Morgan fingerprint density at radius 1 is 1.15 bits per heavy atom. The maximum Gasteiger partial charge on any atom is 0.278 e. The standard InChI is InChI=1S/C12H11N5O2S/c18-20(19,12-5-6-14-15-12)16-10-3-1-2-4-11(10)17-8-7-13-9-17/h1-9,16H,(H,14,15). The summed E-state index contributed by atoms with van der Waals surface area (Å²) in [4.78, 5) is 3.96. The van der Waals surface area contributed by atoms with Crippen LogP contribution in [0.15, 0.2) is 60.3 Å². The van der Waals surface area contributed by atoms with E-state index >= 15 is 0 Å². The first-order valence-electron chi connectivity index (χ1n) is 5.76. The average molecular weight is 289 g/mol. The van der Waals surface area contributed by atoms with Crippen molar-refractivity contribution in [1.82, 2.24) is 19.7 Å². The van der Waals surface area contributed by atoms with Crippen LogP contribution in [0.2, 0.25) is 0 Å². The molecule has 0 spiro atoms. The number of nitrogens with zero attached hydrogens (tertiary/aromatic N) is 3. The molecule has 2 heterocycles. The summed E-state index contributed by atoms with van der Waals surface area (Å²) in [6.07, 6.45) is 6.35. The second-order valence-electron chi connectivity index (χ2n) is 4.01. The summed E-state index contributed by atoms with van der Waals surface area (Å²) in [6.45, 7) is 0.